The molecule has 6 nitrogen and oxygen atoms in total. The molecule has 3 aliphatic rings. The quantitative estimate of drug-likeness (QED) is 0.656. The monoisotopic (exact) mass is 414 g/mol. The molecule has 1 amide bonds. The Morgan fingerprint density at radius 1 is 1.16 bits per heavy atom. The molecular weight excluding hydrogens is 388 g/mol. The third-order valence-electron chi connectivity index (χ3n) is 7.04. The Morgan fingerprint density at radius 3 is 2.87 bits per heavy atom. The Morgan fingerprint density at radius 2 is 2.03 bits per heavy atom. The van der Waals surface area contributed by atoms with Gasteiger partial charge in [-0.15, -0.1) is 0 Å². The average Bonchev–Trinajstić information content (AvgIpc) is 3.53. The first-order chi connectivity index (χ1) is 15.1. The number of ether oxygens (including phenoxy) is 1. The Bertz CT molecular complexity index is 1130. The molecule has 3 saturated heterocycles. The summed E-state index contributed by atoms with van der Waals surface area (Å²) in [6.45, 7) is 4.36. The number of carbonyl (C=O) groups is 1. The SMILES string of the molecule is Cc1cccc(-n2cc(CN3CC[C@@]45OC[C@@H](c6ccccc6)N4C(=O)C[C@@H]35)cn2)c1. The second kappa shape index (κ2) is 7.04. The minimum atomic E-state index is -0.482. The number of aromatic nitrogens is 2. The number of rotatable bonds is 4. The summed E-state index contributed by atoms with van der Waals surface area (Å²) in [5.41, 5.74) is 4.11. The second-order valence-corrected chi connectivity index (χ2v) is 8.92. The van der Waals surface area contributed by atoms with Gasteiger partial charge in [0.05, 0.1) is 30.6 Å². The Hall–Kier alpha value is -2.96. The highest BCUT2D eigenvalue weighted by Gasteiger charge is 2.64. The minimum absolute atomic E-state index is 0.0164. The summed E-state index contributed by atoms with van der Waals surface area (Å²) >= 11 is 0. The maximum atomic E-state index is 13.1. The van der Waals surface area contributed by atoms with E-state index in [0.29, 0.717) is 13.0 Å². The van der Waals surface area contributed by atoms with Crippen LogP contribution in [-0.2, 0) is 16.1 Å². The maximum Gasteiger partial charge on any atom is 0.227 e. The van der Waals surface area contributed by atoms with E-state index in [2.05, 4.69) is 59.5 Å². The van der Waals surface area contributed by atoms with Crippen molar-refractivity contribution < 1.29 is 9.53 Å². The number of benzene rings is 2. The van der Waals surface area contributed by atoms with Gasteiger partial charge in [-0.2, -0.15) is 5.10 Å². The van der Waals surface area contributed by atoms with E-state index in [0.717, 1.165) is 36.3 Å². The number of amides is 1. The topological polar surface area (TPSA) is 50.6 Å². The van der Waals surface area contributed by atoms with Crippen molar-refractivity contribution in [2.75, 3.05) is 13.2 Å². The van der Waals surface area contributed by atoms with Crippen molar-refractivity contribution in [3.63, 3.8) is 0 Å². The predicted molar refractivity (Wildman–Crippen MR) is 116 cm³/mol. The van der Waals surface area contributed by atoms with Crippen LogP contribution in [0.3, 0.4) is 0 Å². The third kappa shape index (κ3) is 2.93. The lowest BCUT2D eigenvalue weighted by atomic mass is 10.0. The van der Waals surface area contributed by atoms with Crippen molar-refractivity contribution in [3.05, 3.63) is 83.7 Å². The maximum absolute atomic E-state index is 13.1. The highest BCUT2D eigenvalue weighted by Crippen LogP contribution is 2.51. The molecule has 6 rings (SSSR count). The van der Waals surface area contributed by atoms with Crippen LogP contribution in [0.5, 0.6) is 0 Å². The van der Waals surface area contributed by atoms with Crippen LogP contribution in [0.1, 0.15) is 35.6 Å². The number of likely N-dealkylation sites (tertiary alicyclic amines) is 1. The largest absolute Gasteiger partial charge is 0.351 e. The van der Waals surface area contributed by atoms with Crippen molar-refractivity contribution in [2.45, 2.75) is 44.1 Å². The summed E-state index contributed by atoms with van der Waals surface area (Å²) in [6, 6.07) is 18.7. The van der Waals surface area contributed by atoms with Gasteiger partial charge in [-0.3, -0.25) is 9.69 Å². The molecule has 6 heteroatoms. The first-order valence-corrected chi connectivity index (χ1v) is 11.0. The fourth-order valence-electron chi connectivity index (χ4n) is 5.63. The predicted octanol–water partition coefficient (Wildman–Crippen LogP) is 3.46. The molecule has 2 aromatic carbocycles. The molecule has 0 unspecified atom stereocenters. The van der Waals surface area contributed by atoms with Gasteiger partial charge in [0.1, 0.15) is 0 Å². The van der Waals surface area contributed by atoms with E-state index in [1.165, 1.54) is 5.56 Å². The molecule has 1 aromatic heterocycles. The number of hydrogen-bond acceptors (Lipinski definition) is 4. The molecule has 3 aliphatic heterocycles. The van der Waals surface area contributed by atoms with Crippen LogP contribution in [-0.4, -0.2) is 50.4 Å². The molecule has 4 heterocycles. The highest BCUT2D eigenvalue weighted by atomic mass is 16.5. The summed E-state index contributed by atoms with van der Waals surface area (Å²) in [7, 11) is 0. The zero-order valence-corrected chi connectivity index (χ0v) is 17.6. The van der Waals surface area contributed by atoms with E-state index in [-0.39, 0.29) is 18.0 Å². The molecule has 0 saturated carbocycles. The van der Waals surface area contributed by atoms with Crippen molar-refractivity contribution in [1.82, 2.24) is 19.6 Å². The summed E-state index contributed by atoms with van der Waals surface area (Å²) < 4.78 is 8.35. The summed E-state index contributed by atoms with van der Waals surface area (Å²) in [5, 5.41) is 4.57. The lowest BCUT2D eigenvalue weighted by Crippen LogP contribution is -2.48. The normalized spacial score (nSPS) is 27.6. The Balaban J connectivity index is 1.23. The van der Waals surface area contributed by atoms with Crippen LogP contribution in [0.4, 0.5) is 0 Å². The second-order valence-electron chi connectivity index (χ2n) is 8.92. The fraction of sp³-hybridized carbons (Fsp3) is 0.360. The van der Waals surface area contributed by atoms with Crippen molar-refractivity contribution in [3.8, 4) is 5.69 Å². The molecule has 3 fully saturated rings. The molecule has 3 atom stereocenters. The standard InChI is InChI=1S/C25H26N4O2/c1-18-6-5-9-21(12-18)28-16-19(14-26-28)15-27-11-10-25-23(27)13-24(30)29(25)22(17-31-25)20-7-3-2-4-8-20/h2-9,12,14,16,22-23H,10-11,13,15,17H2,1H3/t22-,23+,25-/m0/s1. The molecule has 0 N–H and O–H groups in total. The van der Waals surface area contributed by atoms with Gasteiger partial charge in [0.2, 0.25) is 5.91 Å². The van der Waals surface area contributed by atoms with Gasteiger partial charge in [0.25, 0.3) is 0 Å². The van der Waals surface area contributed by atoms with Crippen LogP contribution in [0.2, 0.25) is 0 Å². The molecule has 0 aliphatic carbocycles. The summed E-state index contributed by atoms with van der Waals surface area (Å²) in [6.07, 6.45) is 5.41. The molecule has 158 valence electrons. The van der Waals surface area contributed by atoms with Crippen molar-refractivity contribution >= 4 is 5.91 Å². The number of aryl methyl sites for hydroxylation is 1. The van der Waals surface area contributed by atoms with Gasteiger partial charge < -0.3 is 9.64 Å². The highest BCUT2D eigenvalue weighted by molar-refractivity contribution is 5.82. The van der Waals surface area contributed by atoms with Crippen molar-refractivity contribution in [1.29, 1.82) is 0 Å². The van der Waals surface area contributed by atoms with Crippen molar-refractivity contribution in [2.24, 2.45) is 0 Å². The molecular formula is C25H26N4O2. The average molecular weight is 415 g/mol. The molecule has 3 aromatic rings. The number of nitrogens with zero attached hydrogens (tertiary/aromatic N) is 4. The zero-order valence-electron chi connectivity index (χ0n) is 17.6. The fourth-order valence-corrected chi connectivity index (χ4v) is 5.63. The van der Waals surface area contributed by atoms with Gasteiger partial charge >= 0.3 is 0 Å². The van der Waals surface area contributed by atoms with Crippen LogP contribution in [0, 0.1) is 6.92 Å². The van der Waals surface area contributed by atoms with Gasteiger partial charge in [0.15, 0.2) is 5.72 Å². The third-order valence-corrected chi connectivity index (χ3v) is 7.04. The molecule has 1 spiro atoms. The van der Waals surface area contributed by atoms with Crippen LogP contribution in [0.25, 0.3) is 5.69 Å². The van der Waals surface area contributed by atoms with Gasteiger partial charge in [-0.25, -0.2) is 4.68 Å². The minimum Gasteiger partial charge on any atom is -0.351 e. The smallest absolute Gasteiger partial charge is 0.227 e. The molecule has 31 heavy (non-hydrogen) atoms. The van der Waals surface area contributed by atoms with Gasteiger partial charge in [-0.1, -0.05) is 42.5 Å². The molecule has 0 bridgehead atoms. The molecule has 0 radical (unpaired) electrons. The van der Waals surface area contributed by atoms with E-state index >= 15 is 0 Å². The van der Waals surface area contributed by atoms with E-state index in [1.807, 2.05) is 34.0 Å². The number of carbonyl (C=O) groups excluding carboxylic acids is 1. The number of hydrogen-bond donors (Lipinski definition) is 0. The van der Waals surface area contributed by atoms with Gasteiger partial charge in [0, 0.05) is 37.7 Å². The summed E-state index contributed by atoms with van der Waals surface area (Å²) in [5.74, 6) is 0.205. The van der Waals surface area contributed by atoms with Crippen LogP contribution >= 0.6 is 0 Å². The zero-order chi connectivity index (χ0) is 21.0. The first kappa shape index (κ1) is 18.8. The van der Waals surface area contributed by atoms with Crippen LogP contribution in [0.15, 0.2) is 67.0 Å². The first-order valence-electron chi connectivity index (χ1n) is 11.0. The van der Waals surface area contributed by atoms with E-state index in [4.69, 9.17) is 4.74 Å². The Labute approximate surface area is 182 Å². The van der Waals surface area contributed by atoms with E-state index in [9.17, 15) is 4.79 Å². The van der Waals surface area contributed by atoms with Crippen LogP contribution < -0.4 is 0 Å². The lowest BCUT2D eigenvalue weighted by molar-refractivity contribution is -0.138. The summed E-state index contributed by atoms with van der Waals surface area (Å²) in [4.78, 5) is 17.5. The van der Waals surface area contributed by atoms with E-state index < -0.39 is 5.72 Å². The van der Waals surface area contributed by atoms with E-state index in [1.54, 1.807) is 0 Å². The lowest BCUT2D eigenvalue weighted by Gasteiger charge is -2.33. The Kier molecular flexibility index (Phi) is 4.26. The van der Waals surface area contributed by atoms with Gasteiger partial charge in [-0.05, 0) is 30.2 Å².